The van der Waals surface area contributed by atoms with Crippen LogP contribution in [0.1, 0.15) is 24.2 Å². The van der Waals surface area contributed by atoms with Crippen molar-refractivity contribution in [2.24, 2.45) is 13.0 Å². The van der Waals surface area contributed by atoms with Crippen molar-refractivity contribution in [2.75, 3.05) is 19.0 Å². The van der Waals surface area contributed by atoms with Crippen LogP contribution in [0, 0.1) is 5.92 Å². The molecular weight excluding hydrogens is 318 g/mol. The molecule has 1 aromatic carbocycles. The van der Waals surface area contributed by atoms with E-state index in [1.54, 1.807) is 36.1 Å². The Bertz CT molecular complexity index is 698. The number of ether oxygens (including phenoxy) is 2. The zero-order valence-electron chi connectivity index (χ0n) is 13.6. The minimum atomic E-state index is -0.320. The summed E-state index contributed by atoms with van der Waals surface area (Å²) < 4.78 is 12.6. The quantitative estimate of drug-likeness (QED) is 0.877. The average Bonchev–Trinajstić information content (AvgIpc) is 2.90. The molecule has 2 rings (SSSR count). The van der Waals surface area contributed by atoms with E-state index >= 15 is 0 Å². The van der Waals surface area contributed by atoms with Gasteiger partial charge >= 0.3 is 0 Å². The number of rotatable bonds is 6. The number of carbonyl (C=O) groups excluding carboxylic acids is 1. The molecule has 0 fully saturated rings. The van der Waals surface area contributed by atoms with E-state index in [0.717, 1.165) is 0 Å². The molecule has 1 amide bonds. The summed E-state index contributed by atoms with van der Waals surface area (Å²) in [7, 11) is 3.28. The van der Waals surface area contributed by atoms with Gasteiger partial charge in [-0.15, -0.1) is 0 Å². The number of nitrogens with one attached hydrogen (secondary N) is 1. The van der Waals surface area contributed by atoms with Crippen LogP contribution in [-0.4, -0.2) is 29.4 Å². The van der Waals surface area contributed by atoms with Crippen LogP contribution < -0.4 is 14.8 Å². The summed E-state index contributed by atoms with van der Waals surface area (Å²) in [5, 5.41) is 7.13. The lowest BCUT2D eigenvalue weighted by Crippen LogP contribution is -2.13. The van der Waals surface area contributed by atoms with E-state index in [1.807, 2.05) is 13.8 Å². The standard InChI is InChI=1S/C16H20ClN3O3/c1-10(2)9-23-15-12(17)7-11(8-13(15)22-4)16(21)18-14-5-6-20(3)19-14/h5-8,10H,9H2,1-4H3,(H,18,19,21). The number of aryl methyl sites for hydroxylation is 1. The molecule has 6 nitrogen and oxygen atoms in total. The average molecular weight is 338 g/mol. The predicted molar refractivity (Wildman–Crippen MR) is 89.5 cm³/mol. The number of methoxy groups -OCH3 is 1. The lowest BCUT2D eigenvalue weighted by molar-refractivity contribution is 0.102. The van der Waals surface area contributed by atoms with Crippen molar-refractivity contribution >= 4 is 23.3 Å². The number of halogens is 1. The van der Waals surface area contributed by atoms with Crippen molar-refractivity contribution in [3.8, 4) is 11.5 Å². The third kappa shape index (κ3) is 4.39. The number of aromatic nitrogens is 2. The van der Waals surface area contributed by atoms with Gasteiger partial charge in [0, 0.05) is 24.9 Å². The van der Waals surface area contributed by atoms with Crippen LogP contribution in [0.15, 0.2) is 24.4 Å². The fraction of sp³-hybridized carbons (Fsp3) is 0.375. The van der Waals surface area contributed by atoms with E-state index in [-0.39, 0.29) is 5.91 Å². The van der Waals surface area contributed by atoms with Crippen molar-refractivity contribution in [1.82, 2.24) is 9.78 Å². The Kier molecular flexibility index (Phi) is 5.50. The monoisotopic (exact) mass is 337 g/mol. The molecule has 0 bridgehead atoms. The largest absolute Gasteiger partial charge is 0.493 e. The normalized spacial score (nSPS) is 10.7. The van der Waals surface area contributed by atoms with Gasteiger partial charge in [0.05, 0.1) is 18.7 Å². The summed E-state index contributed by atoms with van der Waals surface area (Å²) in [6, 6.07) is 4.86. The van der Waals surface area contributed by atoms with Crippen LogP contribution in [0.4, 0.5) is 5.82 Å². The predicted octanol–water partition coefficient (Wildman–Crippen LogP) is 3.37. The van der Waals surface area contributed by atoms with E-state index < -0.39 is 0 Å². The second kappa shape index (κ2) is 7.37. The van der Waals surface area contributed by atoms with Gasteiger partial charge in [0.15, 0.2) is 17.3 Å². The Hall–Kier alpha value is -2.21. The molecule has 7 heteroatoms. The fourth-order valence-electron chi connectivity index (χ4n) is 1.91. The van der Waals surface area contributed by atoms with E-state index in [0.29, 0.717) is 40.4 Å². The maximum Gasteiger partial charge on any atom is 0.257 e. The van der Waals surface area contributed by atoms with Crippen LogP contribution in [0.25, 0.3) is 0 Å². The molecule has 0 aliphatic rings. The first-order chi connectivity index (χ1) is 10.9. The molecule has 1 N–H and O–H groups in total. The van der Waals surface area contributed by atoms with Crippen molar-refractivity contribution in [2.45, 2.75) is 13.8 Å². The third-order valence-electron chi connectivity index (χ3n) is 3.01. The maximum atomic E-state index is 12.3. The molecule has 0 aliphatic heterocycles. The second-order valence-corrected chi connectivity index (χ2v) is 5.93. The Morgan fingerprint density at radius 2 is 2.17 bits per heavy atom. The van der Waals surface area contributed by atoms with Gasteiger partial charge in [-0.3, -0.25) is 9.48 Å². The number of hydrogen-bond acceptors (Lipinski definition) is 4. The fourth-order valence-corrected chi connectivity index (χ4v) is 2.18. The van der Waals surface area contributed by atoms with Crippen molar-refractivity contribution in [3.05, 3.63) is 35.0 Å². The maximum absolute atomic E-state index is 12.3. The summed E-state index contributed by atoms with van der Waals surface area (Å²) in [6.07, 6.45) is 1.74. The molecule has 0 unspecified atom stereocenters. The van der Waals surface area contributed by atoms with Gasteiger partial charge in [-0.05, 0) is 18.1 Å². The molecule has 0 atom stereocenters. The summed E-state index contributed by atoms with van der Waals surface area (Å²) in [6.45, 7) is 4.58. The zero-order valence-corrected chi connectivity index (χ0v) is 14.3. The molecule has 1 heterocycles. The number of amides is 1. The second-order valence-electron chi connectivity index (χ2n) is 5.52. The van der Waals surface area contributed by atoms with Gasteiger partial charge < -0.3 is 14.8 Å². The number of hydrogen-bond donors (Lipinski definition) is 1. The van der Waals surface area contributed by atoms with Gasteiger partial charge in [-0.1, -0.05) is 25.4 Å². The molecule has 0 radical (unpaired) electrons. The number of nitrogens with zero attached hydrogens (tertiary/aromatic N) is 2. The van der Waals surface area contributed by atoms with Gasteiger partial charge in [-0.2, -0.15) is 5.10 Å². The minimum absolute atomic E-state index is 0.320. The molecular formula is C16H20ClN3O3. The van der Waals surface area contributed by atoms with Crippen LogP contribution in [0.2, 0.25) is 5.02 Å². The van der Waals surface area contributed by atoms with E-state index in [2.05, 4.69) is 10.4 Å². The molecule has 0 spiro atoms. The highest BCUT2D eigenvalue weighted by molar-refractivity contribution is 6.32. The van der Waals surface area contributed by atoms with Crippen molar-refractivity contribution < 1.29 is 14.3 Å². The lowest BCUT2D eigenvalue weighted by Gasteiger charge is -2.15. The highest BCUT2D eigenvalue weighted by atomic mass is 35.5. The molecule has 0 saturated heterocycles. The van der Waals surface area contributed by atoms with Crippen LogP contribution >= 0.6 is 11.6 Å². The smallest absolute Gasteiger partial charge is 0.257 e. The summed E-state index contributed by atoms with van der Waals surface area (Å²) in [5.41, 5.74) is 0.370. The lowest BCUT2D eigenvalue weighted by atomic mass is 10.2. The van der Waals surface area contributed by atoms with E-state index in [1.165, 1.54) is 7.11 Å². The SMILES string of the molecule is COc1cc(C(=O)Nc2ccn(C)n2)cc(Cl)c1OCC(C)C. The minimum Gasteiger partial charge on any atom is -0.493 e. The first-order valence-electron chi connectivity index (χ1n) is 7.22. The Morgan fingerprint density at radius 3 is 2.74 bits per heavy atom. The number of anilines is 1. The summed E-state index contributed by atoms with van der Waals surface area (Å²) in [4.78, 5) is 12.3. The van der Waals surface area contributed by atoms with Crippen LogP contribution in [0.5, 0.6) is 11.5 Å². The first kappa shape index (κ1) is 17.1. The van der Waals surface area contributed by atoms with Crippen molar-refractivity contribution in [3.63, 3.8) is 0 Å². The Balaban J connectivity index is 2.22. The Morgan fingerprint density at radius 1 is 1.43 bits per heavy atom. The molecule has 124 valence electrons. The molecule has 1 aromatic heterocycles. The highest BCUT2D eigenvalue weighted by Crippen LogP contribution is 2.36. The van der Waals surface area contributed by atoms with Crippen LogP contribution in [-0.2, 0) is 7.05 Å². The topological polar surface area (TPSA) is 65.4 Å². The van der Waals surface area contributed by atoms with Gasteiger partial charge in [0.1, 0.15) is 0 Å². The summed E-state index contributed by atoms with van der Waals surface area (Å²) in [5.74, 6) is 1.36. The Labute approximate surface area is 140 Å². The molecule has 2 aromatic rings. The first-order valence-corrected chi connectivity index (χ1v) is 7.59. The molecule has 0 aliphatic carbocycles. The van der Waals surface area contributed by atoms with E-state index in [9.17, 15) is 4.79 Å². The zero-order chi connectivity index (χ0) is 17.0. The molecule has 23 heavy (non-hydrogen) atoms. The van der Waals surface area contributed by atoms with Gasteiger partial charge in [0.25, 0.3) is 5.91 Å². The summed E-state index contributed by atoms with van der Waals surface area (Å²) >= 11 is 6.24. The number of carbonyl (C=O) groups is 1. The number of benzene rings is 1. The van der Waals surface area contributed by atoms with Crippen LogP contribution in [0.3, 0.4) is 0 Å². The van der Waals surface area contributed by atoms with Crippen molar-refractivity contribution in [1.29, 1.82) is 0 Å². The third-order valence-corrected chi connectivity index (χ3v) is 3.29. The molecule has 0 saturated carbocycles. The van der Waals surface area contributed by atoms with E-state index in [4.69, 9.17) is 21.1 Å². The highest BCUT2D eigenvalue weighted by Gasteiger charge is 2.17. The van der Waals surface area contributed by atoms with Gasteiger partial charge in [-0.25, -0.2) is 0 Å². The van der Waals surface area contributed by atoms with Gasteiger partial charge in [0.2, 0.25) is 0 Å².